The SMILES string of the molecule is CCC[C@@H](C)[C@H]1CC[C@H]2[C@@H]3[C@H](OCCO[C@@H]4OC(CO)[C@@H](O[C@H]5OC(CO)[C@@H](O)[C@H](O)C5O)[C@H](O)C4O)C[C@@H]4C[C@H](OCCO[C@@H]5OC(CO)[C@@H](O[C@H]6OC(CO)[C@@H](O)[C@H](O)C6O)[C@H](O)C5O)CC[C@]4(C)[C@H]3CC(OCCO[C@@H]3OC(CO)[C@@H](O[C@H]4OC(CO)[C@@H](O)[C@H](O)C4O)[C@H](O)C3O)[C@]12C. The fourth-order valence-corrected chi connectivity index (χ4v) is 18.5. The van der Waals surface area contributed by atoms with Gasteiger partial charge in [-0.3, -0.25) is 0 Å². The molecule has 10 aliphatic rings. The molecular weight excluding hydrogens is 1370 g/mol. The summed E-state index contributed by atoms with van der Waals surface area (Å²) < 4.78 is 90.0. The molecule has 4 aliphatic carbocycles. The Balaban J connectivity index is 0.821. The molecule has 10 rings (SSSR count). The van der Waals surface area contributed by atoms with Gasteiger partial charge in [-0.05, 0) is 85.9 Å². The first kappa shape index (κ1) is 83.0. The van der Waals surface area contributed by atoms with E-state index in [0.717, 1.165) is 32.1 Å². The van der Waals surface area contributed by atoms with E-state index in [1.807, 2.05) is 0 Å². The van der Waals surface area contributed by atoms with Gasteiger partial charge in [-0.2, -0.15) is 0 Å². The van der Waals surface area contributed by atoms with Crippen LogP contribution in [0, 0.1) is 46.3 Å². The van der Waals surface area contributed by atoms with Crippen LogP contribution in [-0.4, -0.2) is 389 Å². The lowest BCUT2D eigenvalue weighted by Crippen LogP contribution is -2.64. The molecule has 10 fully saturated rings. The second-order valence-corrected chi connectivity index (χ2v) is 29.9. The highest BCUT2D eigenvalue weighted by molar-refractivity contribution is 5.15. The van der Waals surface area contributed by atoms with Gasteiger partial charge in [0, 0.05) is 5.41 Å². The Morgan fingerprint density at radius 2 is 0.735 bits per heavy atom. The normalized spacial score (nSPS) is 51.0. The zero-order valence-corrected chi connectivity index (χ0v) is 57.9. The van der Waals surface area contributed by atoms with Crippen molar-refractivity contribution in [1.82, 2.24) is 0 Å². The second-order valence-electron chi connectivity index (χ2n) is 29.9. The molecule has 6 aliphatic heterocycles. The smallest absolute Gasteiger partial charge is 0.187 e. The molecule has 36 nitrogen and oxygen atoms in total. The van der Waals surface area contributed by atoms with Gasteiger partial charge >= 0.3 is 0 Å². The summed E-state index contributed by atoms with van der Waals surface area (Å²) in [5, 5.41) is 222. The Bertz CT molecular complexity index is 2510. The molecule has 102 heavy (non-hydrogen) atoms. The lowest BCUT2D eigenvalue weighted by atomic mass is 9.43. The molecule has 0 aromatic rings. The van der Waals surface area contributed by atoms with Crippen LogP contribution in [0.1, 0.15) is 85.5 Å². The average Bonchev–Trinajstić information content (AvgIpc) is 1.40. The van der Waals surface area contributed by atoms with Crippen molar-refractivity contribution in [2.75, 3.05) is 79.3 Å². The highest BCUT2D eigenvalue weighted by atomic mass is 16.8. The molecule has 0 aromatic carbocycles. The van der Waals surface area contributed by atoms with E-state index < -0.39 is 229 Å². The molecule has 6 heterocycles. The van der Waals surface area contributed by atoms with Gasteiger partial charge in [-0.25, -0.2) is 0 Å². The third-order valence-corrected chi connectivity index (χ3v) is 24.2. The van der Waals surface area contributed by atoms with E-state index in [0.29, 0.717) is 25.7 Å². The molecular formula is C66H114O36. The molecule has 41 atom stereocenters. The van der Waals surface area contributed by atoms with E-state index in [1.54, 1.807) is 0 Å². The first-order chi connectivity index (χ1) is 48.6. The summed E-state index contributed by atoms with van der Waals surface area (Å²) in [6.45, 7) is 4.01. The average molecular weight is 1480 g/mol. The first-order valence-corrected chi connectivity index (χ1v) is 36.1. The molecule has 0 bridgehead atoms. The van der Waals surface area contributed by atoms with Crippen molar-refractivity contribution in [2.24, 2.45) is 46.3 Å². The molecule has 0 spiro atoms. The number of aliphatic hydroxyl groups is 21. The highest BCUT2D eigenvalue weighted by Crippen LogP contribution is 2.69. The minimum Gasteiger partial charge on any atom is -0.394 e. The number of hydrogen-bond acceptors (Lipinski definition) is 36. The maximum Gasteiger partial charge on any atom is 0.187 e. The summed E-state index contributed by atoms with van der Waals surface area (Å²) >= 11 is 0. The number of aliphatic hydroxyl groups excluding tert-OH is 21. The molecule has 36 heteroatoms. The van der Waals surface area contributed by atoms with Crippen molar-refractivity contribution in [1.29, 1.82) is 0 Å². The summed E-state index contributed by atoms with van der Waals surface area (Å²) in [5.41, 5.74) is -0.753. The molecule has 0 aromatic heterocycles. The fraction of sp³-hybridized carbons (Fsp3) is 1.00. The second kappa shape index (κ2) is 36.2. The van der Waals surface area contributed by atoms with Gasteiger partial charge in [-0.15, -0.1) is 0 Å². The number of ether oxygens (including phenoxy) is 15. The monoisotopic (exact) mass is 1480 g/mol. The van der Waals surface area contributed by atoms with Crippen LogP contribution in [0.5, 0.6) is 0 Å². The number of hydrogen-bond donors (Lipinski definition) is 21. The summed E-state index contributed by atoms with van der Waals surface area (Å²) in [7, 11) is 0. The number of fused-ring (bicyclic) bond motifs is 5. The third-order valence-electron chi connectivity index (χ3n) is 24.2. The minimum absolute atomic E-state index is 0.00499. The van der Waals surface area contributed by atoms with E-state index >= 15 is 0 Å². The Morgan fingerprint density at radius 1 is 0.373 bits per heavy atom. The standard InChI is InChI=1S/C66H114O36/c1-5-6-26(2)29-7-8-30-40-31(19-39(66(29,30)4)90-13-16-93-61-55(87)49(81)58(38(25-72)99-61)102-64-52(84)46(78)43(75)35(22-69)96-64)65(3)10-9-28(88-11-14-91-59-53(85)47(79)56(36(23-70)97-59)100-62-50(82)44(76)41(73)33(20-67)94-62)17-27(65)18-32(40)89-12-15-92-60-54(86)48(80)57(37(24-71)98-60)101-63-51(83)45(77)42(74)34(21-68)95-63/h26-64,67-87H,5-25H2,1-4H3/t26-,27+,28-,29-,30+,31+,32-,33?,34?,35?,36?,37?,38?,39?,40+,41-,42-,43-,44+,45+,46+,47-,48-,49-,50?,51?,52?,53?,54?,55?,56-,57-,58-,59-,60-,61-,62-,63-,64-,65+,66-/m1/s1. The van der Waals surface area contributed by atoms with Crippen LogP contribution < -0.4 is 0 Å². The lowest BCUT2D eigenvalue weighted by Gasteiger charge is -2.64. The van der Waals surface area contributed by atoms with Crippen molar-refractivity contribution in [3.05, 3.63) is 0 Å². The molecule has 13 unspecified atom stereocenters. The topological polar surface area (TPSA) is 563 Å². The number of rotatable bonds is 30. The van der Waals surface area contributed by atoms with Crippen molar-refractivity contribution in [3.63, 3.8) is 0 Å². The van der Waals surface area contributed by atoms with Crippen molar-refractivity contribution in [2.45, 2.75) is 288 Å². The van der Waals surface area contributed by atoms with E-state index in [-0.39, 0.29) is 98.9 Å². The summed E-state index contributed by atoms with van der Waals surface area (Å²) in [6.07, 6.45) is -43.5. The molecule has 6 saturated heterocycles. The predicted octanol–water partition coefficient (Wildman–Crippen LogP) is -8.62. The largest absolute Gasteiger partial charge is 0.394 e. The quantitative estimate of drug-likeness (QED) is 0.0297. The van der Waals surface area contributed by atoms with Crippen LogP contribution in [0.15, 0.2) is 0 Å². The van der Waals surface area contributed by atoms with Gasteiger partial charge < -0.3 is 178 Å². The summed E-state index contributed by atoms with van der Waals surface area (Å²) in [5.74, 6) is 0.465. The van der Waals surface area contributed by atoms with Crippen LogP contribution >= 0.6 is 0 Å². The molecule has 594 valence electrons. The van der Waals surface area contributed by atoms with E-state index in [1.165, 1.54) is 0 Å². The van der Waals surface area contributed by atoms with E-state index in [9.17, 15) is 107 Å². The van der Waals surface area contributed by atoms with Crippen LogP contribution in [0.3, 0.4) is 0 Å². The van der Waals surface area contributed by atoms with Gasteiger partial charge in [0.05, 0.1) is 97.6 Å². The van der Waals surface area contributed by atoms with Crippen LogP contribution in [0.4, 0.5) is 0 Å². The van der Waals surface area contributed by atoms with Gasteiger partial charge in [-0.1, -0.05) is 40.5 Å². The molecule has 0 amide bonds. The Morgan fingerprint density at radius 3 is 1.13 bits per heavy atom. The van der Waals surface area contributed by atoms with Crippen molar-refractivity contribution < 1.29 is 178 Å². The molecule has 21 N–H and O–H groups in total. The molecule has 4 saturated carbocycles. The van der Waals surface area contributed by atoms with E-state index in [4.69, 9.17) is 71.1 Å². The third kappa shape index (κ3) is 16.9. The zero-order chi connectivity index (χ0) is 74.0. The predicted molar refractivity (Wildman–Crippen MR) is 336 cm³/mol. The minimum atomic E-state index is -1.86. The van der Waals surface area contributed by atoms with Crippen LogP contribution in [-0.2, 0) is 71.1 Å². The maximum atomic E-state index is 11.4. The Hall–Kier alpha value is -1.44. The van der Waals surface area contributed by atoms with Crippen LogP contribution in [0.25, 0.3) is 0 Å². The van der Waals surface area contributed by atoms with Crippen LogP contribution in [0.2, 0.25) is 0 Å². The maximum absolute atomic E-state index is 11.4. The van der Waals surface area contributed by atoms with Gasteiger partial charge in [0.1, 0.15) is 146 Å². The highest BCUT2D eigenvalue weighted by Gasteiger charge is 2.67. The summed E-state index contributed by atoms with van der Waals surface area (Å²) in [6, 6.07) is 0. The van der Waals surface area contributed by atoms with E-state index in [2.05, 4.69) is 27.7 Å². The zero-order valence-electron chi connectivity index (χ0n) is 57.9. The van der Waals surface area contributed by atoms with Gasteiger partial charge in [0.15, 0.2) is 37.7 Å². The summed E-state index contributed by atoms with van der Waals surface area (Å²) in [4.78, 5) is 0. The van der Waals surface area contributed by atoms with Crippen molar-refractivity contribution in [3.8, 4) is 0 Å². The van der Waals surface area contributed by atoms with Crippen molar-refractivity contribution >= 4 is 0 Å². The Labute approximate surface area is 590 Å². The fourth-order valence-electron chi connectivity index (χ4n) is 18.5. The lowest BCUT2D eigenvalue weighted by molar-refractivity contribution is -0.360. The first-order valence-electron chi connectivity index (χ1n) is 36.1. The molecule has 0 radical (unpaired) electrons. The van der Waals surface area contributed by atoms with Gasteiger partial charge in [0.25, 0.3) is 0 Å². The van der Waals surface area contributed by atoms with Gasteiger partial charge in [0.2, 0.25) is 0 Å². The Kier molecular flexibility index (Phi) is 29.4.